The van der Waals surface area contributed by atoms with Gasteiger partial charge in [-0.1, -0.05) is 6.07 Å². The molecule has 1 atom stereocenters. The molecular formula is C22H19F2NO3S. The quantitative estimate of drug-likeness (QED) is 0.613. The molecule has 1 aliphatic heterocycles. The van der Waals surface area contributed by atoms with E-state index >= 15 is 0 Å². The fraction of sp³-hybridized carbons (Fsp3) is 0.227. The molecule has 0 spiro atoms. The number of benzene rings is 2. The average Bonchev–Trinajstić information content (AvgIpc) is 3.24. The number of amides is 1. The van der Waals surface area contributed by atoms with Crippen LogP contribution >= 0.6 is 11.3 Å². The summed E-state index contributed by atoms with van der Waals surface area (Å²) in [7, 11) is 3.14. The van der Waals surface area contributed by atoms with Crippen LogP contribution in [0.1, 0.15) is 32.4 Å². The number of hydrogen-bond acceptors (Lipinski definition) is 4. The molecule has 0 radical (unpaired) electrons. The highest BCUT2D eigenvalue weighted by atomic mass is 32.1. The molecule has 29 heavy (non-hydrogen) atoms. The molecule has 0 saturated heterocycles. The number of hydrogen-bond donors (Lipinski definition) is 0. The number of methoxy groups -OCH3 is 2. The first kappa shape index (κ1) is 19.4. The number of ether oxygens (including phenoxy) is 2. The lowest BCUT2D eigenvalue weighted by Gasteiger charge is -2.37. The van der Waals surface area contributed by atoms with E-state index in [1.165, 1.54) is 11.3 Å². The Morgan fingerprint density at radius 3 is 2.38 bits per heavy atom. The van der Waals surface area contributed by atoms with Gasteiger partial charge in [-0.05, 0) is 53.3 Å². The molecule has 0 saturated carbocycles. The summed E-state index contributed by atoms with van der Waals surface area (Å²) in [5.41, 5.74) is 1.96. The van der Waals surface area contributed by atoms with Crippen molar-refractivity contribution in [1.82, 2.24) is 4.90 Å². The molecular weight excluding hydrogens is 396 g/mol. The Bertz CT molecular complexity index is 1030. The maximum atomic E-state index is 13.7. The van der Waals surface area contributed by atoms with Gasteiger partial charge >= 0.3 is 0 Å². The molecule has 4 rings (SSSR count). The lowest BCUT2D eigenvalue weighted by atomic mass is 9.90. The minimum absolute atomic E-state index is 0.00650. The lowest BCUT2D eigenvalue weighted by Crippen LogP contribution is -2.40. The largest absolute Gasteiger partial charge is 0.493 e. The Labute approximate surface area is 171 Å². The molecule has 3 aromatic rings. The highest BCUT2D eigenvalue weighted by molar-refractivity contribution is 7.10. The molecule has 0 bridgehead atoms. The van der Waals surface area contributed by atoms with Crippen LogP contribution in [-0.4, -0.2) is 31.6 Å². The summed E-state index contributed by atoms with van der Waals surface area (Å²) in [5.74, 6) is -0.765. The van der Waals surface area contributed by atoms with Gasteiger partial charge < -0.3 is 14.4 Å². The van der Waals surface area contributed by atoms with Crippen LogP contribution in [0.2, 0.25) is 0 Å². The van der Waals surface area contributed by atoms with Crippen LogP contribution < -0.4 is 9.47 Å². The fourth-order valence-corrected chi connectivity index (χ4v) is 4.62. The van der Waals surface area contributed by atoms with Gasteiger partial charge in [0.15, 0.2) is 11.5 Å². The first-order valence-corrected chi connectivity index (χ1v) is 9.95. The Hall–Kier alpha value is -2.93. The predicted octanol–water partition coefficient (Wildman–Crippen LogP) is 4.83. The van der Waals surface area contributed by atoms with Gasteiger partial charge in [-0.2, -0.15) is 0 Å². The van der Waals surface area contributed by atoms with E-state index in [2.05, 4.69) is 0 Å². The summed E-state index contributed by atoms with van der Waals surface area (Å²) in [4.78, 5) is 15.9. The van der Waals surface area contributed by atoms with Gasteiger partial charge in [0.2, 0.25) is 0 Å². The molecule has 1 aromatic heterocycles. The monoisotopic (exact) mass is 415 g/mol. The van der Waals surface area contributed by atoms with Gasteiger partial charge in [-0.3, -0.25) is 4.79 Å². The molecule has 7 heteroatoms. The second-order valence-corrected chi connectivity index (χ2v) is 7.71. The predicted molar refractivity (Wildman–Crippen MR) is 107 cm³/mol. The Kier molecular flexibility index (Phi) is 5.24. The smallest absolute Gasteiger partial charge is 0.254 e. The number of nitrogens with zero attached hydrogens (tertiary/aromatic N) is 1. The van der Waals surface area contributed by atoms with Crippen LogP contribution in [0, 0.1) is 11.6 Å². The molecule has 4 nitrogen and oxygen atoms in total. The second kappa shape index (κ2) is 7.83. The van der Waals surface area contributed by atoms with E-state index in [9.17, 15) is 13.6 Å². The minimum Gasteiger partial charge on any atom is -0.493 e. The zero-order valence-electron chi connectivity index (χ0n) is 15.9. The molecule has 0 N–H and O–H groups in total. The maximum absolute atomic E-state index is 13.7. The van der Waals surface area contributed by atoms with E-state index in [1.54, 1.807) is 19.1 Å². The van der Waals surface area contributed by atoms with Crippen molar-refractivity contribution in [1.29, 1.82) is 0 Å². The van der Waals surface area contributed by atoms with E-state index < -0.39 is 17.5 Å². The van der Waals surface area contributed by atoms with E-state index in [0.29, 0.717) is 24.5 Å². The molecule has 1 aliphatic rings. The first-order chi connectivity index (χ1) is 14.0. The van der Waals surface area contributed by atoms with Crippen molar-refractivity contribution in [2.75, 3.05) is 20.8 Å². The van der Waals surface area contributed by atoms with E-state index in [4.69, 9.17) is 9.47 Å². The van der Waals surface area contributed by atoms with Crippen LogP contribution in [0.5, 0.6) is 11.5 Å². The van der Waals surface area contributed by atoms with Crippen LogP contribution in [-0.2, 0) is 6.42 Å². The number of carbonyl (C=O) groups is 1. The SMILES string of the molecule is COc1cc2c(cc1OC)[C@H](c1cccs1)N(C(=O)c1cc(F)cc(F)c1)CC2. The average molecular weight is 415 g/mol. The third kappa shape index (κ3) is 3.58. The van der Waals surface area contributed by atoms with Crippen LogP contribution in [0.3, 0.4) is 0 Å². The molecule has 2 heterocycles. The summed E-state index contributed by atoms with van der Waals surface area (Å²) >= 11 is 1.52. The van der Waals surface area contributed by atoms with Crippen LogP contribution in [0.15, 0.2) is 47.8 Å². The van der Waals surface area contributed by atoms with Gasteiger partial charge in [0.25, 0.3) is 5.91 Å². The maximum Gasteiger partial charge on any atom is 0.254 e. The standard InChI is InChI=1S/C22H19F2NO3S/c1-27-18-10-13-5-6-25(22(26)14-8-15(23)11-16(24)9-14)21(20-4-3-7-29-20)17(13)12-19(18)28-2/h3-4,7-12,21H,5-6H2,1-2H3/t21-/m1/s1. The van der Waals surface area contributed by atoms with Gasteiger partial charge in [-0.15, -0.1) is 11.3 Å². The molecule has 1 amide bonds. The Morgan fingerprint density at radius 1 is 1.07 bits per heavy atom. The van der Waals surface area contributed by atoms with Gasteiger partial charge in [0, 0.05) is 23.1 Å². The van der Waals surface area contributed by atoms with Gasteiger partial charge in [0.05, 0.1) is 20.3 Å². The van der Waals surface area contributed by atoms with E-state index in [0.717, 1.165) is 34.2 Å². The van der Waals surface area contributed by atoms with Crippen LogP contribution in [0.25, 0.3) is 0 Å². The third-order valence-electron chi connectivity index (χ3n) is 5.06. The zero-order valence-corrected chi connectivity index (χ0v) is 16.8. The summed E-state index contributed by atoms with van der Waals surface area (Å²) in [6.45, 7) is 0.419. The zero-order chi connectivity index (χ0) is 20.5. The van der Waals surface area contributed by atoms with Crippen molar-refractivity contribution in [2.45, 2.75) is 12.5 Å². The molecule has 0 unspecified atom stereocenters. The fourth-order valence-electron chi connectivity index (χ4n) is 3.76. The van der Waals surface area contributed by atoms with Crippen molar-refractivity contribution < 1.29 is 23.0 Å². The summed E-state index contributed by atoms with van der Waals surface area (Å²) in [5, 5.41) is 1.94. The number of fused-ring (bicyclic) bond motifs is 1. The van der Waals surface area contributed by atoms with Gasteiger partial charge in [0.1, 0.15) is 11.6 Å². The Balaban J connectivity index is 1.82. The van der Waals surface area contributed by atoms with Gasteiger partial charge in [-0.25, -0.2) is 8.78 Å². The Morgan fingerprint density at radius 2 is 1.76 bits per heavy atom. The number of rotatable bonds is 4. The van der Waals surface area contributed by atoms with Crippen molar-refractivity contribution >= 4 is 17.2 Å². The second-order valence-electron chi connectivity index (χ2n) is 6.73. The first-order valence-electron chi connectivity index (χ1n) is 9.07. The normalized spacial score (nSPS) is 15.7. The number of halogens is 2. The van der Waals surface area contributed by atoms with Crippen molar-refractivity contribution in [3.63, 3.8) is 0 Å². The molecule has 150 valence electrons. The summed E-state index contributed by atoms with van der Waals surface area (Å²) in [6, 6.07) is 10.2. The van der Waals surface area contributed by atoms with Crippen molar-refractivity contribution in [3.05, 3.63) is 81.0 Å². The number of thiophene rings is 1. The number of carbonyl (C=O) groups excluding carboxylic acids is 1. The highest BCUT2D eigenvalue weighted by Gasteiger charge is 2.34. The van der Waals surface area contributed by atoms with E-state index in [1.807, 2.05) is 29.6 Å². The molecule has 0 aliphatic carbocycles. The van der Waals surface area contributed by atoms with Crippen LogP contribution in [0.4, 0.5) is 8.78 Å². The summed E-state index contributed by atoms with van der Waals surface area (Å²) in [6.07, 6.45) is 0.598. The van der Waals surface area contributed by atoms with Crippen molar-refractivity contribution in [2.24, 2.45) is 0 Å². The minimum atomic E-state index is -0.773. The third-order valence-corrected chi connectivity index (χ3v) is 5.98. The lowest BCUT2D eigenvalue weighted by molar-refractivity contribution is 0.0696. The highest BCUT2D eigenvalue weighted by Crippen LogP contribution is 2.42. The summed E-state index contributed by atoms with van der Waals surface area (Å²) < 4.78 is 38.3. The molecule has 2 aromatic carbocycles. The topological polar surface area (TPSA) is 38.8 Å². The van der Waals surface area contributed by atoms with E-state index in [-0.39, 0.29) is 11.6 Å². The van der Waals surface area contributed by atoms with Crippen molar-refractivity contribution in [3.8, 4) is 11.5 Å². The molecule has 0 fully saturated rings.